The van der Waals surface area contributed by atoms with Crippen LogP contribution < -0.4 is 0 Å². The highest BCUT2D eigenvalue weighted by Crippen LogP contribution is 2.26. The highest BCUT2D eigenvalue weighted by atomic mass is 16.4. The Hall–Kier alpha value is -3.40. The number of benzene rings is 2. The van der Waals surface area contributed by atoms with Gasteiger partial charge in [0.2, 0.25) is 0 Å². The maximum atomic E-state index is 11.0. The van der Waals surface area contributed by atoms with E-state index in [9.17, 15) is 4.79 Å². The molecule has 2 N–H and O–H groups in total. The summed E-state index contributed by atoms with van der Waals surface area (Å²) in [5.74, 6) is -0.984. The van der Waals surface area contributed by atoms with Crippen molar-refractivity contribution in [1.29, 1.82) is 0 Å². The minimum atomic E-state index is -0.984. The van der Waals surface area contributed by atoms with Crippen molar-refractivity contribution < 1.29 is 9.90 Å². The van der Waals surface area contributed by atoms with E-state index < -0.39 is 5.97 Å². The van der Waals surface area contributed by atoms with Crippen LogP contribution in [0, 0.1) is 0 Å². The van der Waals surface area contributed by atoms with Gasteiger partial charge in [-0.2, -0.15) is 0 Å². The topological polar surface area (TPSA) is 66.0 Å². The van der Waals surface area contributed by atoms with Crippen LogP contribution in [0.2, 0.25) is 0 Å². The minimum Gasteiger partial charge on any atom is -0.477 e. The van der Waals surface area contributed by atoms with E-state index in [-0.39, 0.29) is 5.69 Å². The van der Waals surface area contributed by atoms with Gasteiger partial charge < -0.3 is 10.1 Å². The molecule has 0 aliphatic heterocycles. The lowest BCUT2D eigenvalue weighted by Crippen LogP contribution is -1.94. The van der Waals surface area contributed by atoms with Gasteiger partial charge in [0.05, 0.1) is 0 Å². The summed E-state index contributed by atoms with van der Waals surface area (Å²) in [5, 5.41) is 9.84. The number of aromatic amines is 1. The number of fused-ring (bicyclic) bond motifs is 1. The molecule has 0 bridgehead atoms. The van der Waals surface area contributed by atoms with E-state index in [1.54, 1.807) is 12.3 Å². The molecule has 24 heavy (non-hydrogen) atoms. The lowest BCUT2D eigenvalue weighted by Gasteiger charge is -2.05. The molecule has 0 unspecified atom stereocenters. The number of aromatic nitrogens is 2. The Morgan fingerprint density at radius 3 is 2.12 bits per heavy atom. The molecule has 4 aromatic rings. The van der Waals surface area contributed by atoms with E-state index in [1.807, 2.05) is 24.3 Å². The van der Waals surface area contributed by atoms with Gasteiger partial charge in [-0.05, 0) is 28.8 Å². The number of nitrogens with one attached hydrogen (secondary N) is 1. The fourth-order valence-electron chi connectivity index (χ4n) is 2.77. The predicted molar refractivity (Wildman–Crippen MR) is 93.9 cm³/mol. The molecule has 2 heterocycles. The zero-order valence-corrected chi connectivity index (χ0v) is 12.7. The summed E-state index contributed by atoms with van der Waals surface area (Å²) in [7, 11) is 0. The van der Waals surface area contributed by atoms with Gasteiger partial charge in [-0.3, -0.25) is 0 Å². The SMILES string of the molecule is O=C(O)c1cc2cc(-c3ccc(-c4ccccc4)cc3)cnc2[nH]1. The zero-order chi connectivity index (χ0) is 16.5. The van der Waals surface area contributed by atoms with Crippen molar-refractivity contribution in [3.63, 3.8) is 0 Å². The first-order valence-corrected chi connectivity index (χ1v) is 7.58. The quantitative estimate of drug-likeness (QED) is 0.581. The second kappa shape index (κ2) is 5.66. The number of hydrogen-bond donors (Lipinski definition) is 2. The molecule has 0 spiro atoms. The van der Waals surface area contributed by atoms with Gasteiger partial charge in [0.15, 0.2) is 0 Å². The van der Waals surface area contributed by atoms with Crippen LogP contribution in [0.1, 0.15) is 10.5 Å². The van der Waals surface area contributed by atoms with Crippen molar-refractivity contribution in [3.05, 3.63) is 78.6 Å². The van der Waals surface area contributed by atoms with Gasteiger partial charge in [0, 0.05) is 17.1 Å². The summed E-state index contributed by atoms with van der Waals surface area (Å²) < 4.78 is 0. The maximum absolute atomic E-state index is 11.0. The van der Waals surface area contributed by atoms with Gasteiger partial charge in [-0.15, -0.1) is 0 Å². The lowest BCUT2D eigenvalue weighted by molar-refractivity contribution is 0.0691. The van der Waals surface area contributed by atoms with Crippen molar-refractivity contribution in [2.45, 2.75) is 0 Å². The molecule has 4 rings (SSSR count). The Morgan fingerprint density at radius 1 is 0.833 bits per heavy atom. The van der Waals surface area contributed by atoms with Gasteiger partial charge in [0.25, 0.3) is 0 Å². The Kier molecular flexibility index (Phi) is 3.35. The first-order chi connectivity index (χ1) is 11.7. The average molecular weight is 314 g/mol. The van der Waals surface area contributed by atoms with Gasteiger partial charge >= 0.3 is 5.97 Å². The first-order valence-electron chi connectivity index (χ1n) is 7.58. The number of H-pyrrole nitrogens is 1. The molecule has 0 aliphatic carbocycles. The number of nitrogens with zero attached hydrogens (tertiary/aromatic N) is 1. The Bertz CT molecular complexity index is 1020. The zero-order valence-electron chi connectivity index (χ0n) is 12.7. The standard InChI is InChI=1S/C20H14N2O2/c23-20(24)18-11-16-10-17(12-21-19(16)22-18)15-8-6-14(7-9-15)13-4-2-1-3-5-13/h1-12H,(H,21,22)(H,23,24). The molecule has 0 atom stereocenters. The Morgan fingerprint density at radius 2 is 1.46 bits per heavy atom. The molecular formula is C20H14N2O2. The second-order valence-electron chi connectivity index (χ2n) is 5.59. The van der Waals surface area contributed by atoms with Crippen LogP contribution in [0.15, 0.2) is 72.9 Å². The van der Waals surface area contributed by atoms with E-state index in [0.29, 0.717) is 5.65 Å². The van der Waals surface area contributed by atoms with E-state index in [0.717, 1.165) is 22.1 Å². The fraction of sp³-hybridized carbons (Fsp3) is 0. The monoisotopic (exact) mass is 314 g/mol. The number of pyridine rings is 1. The van der Waals surface area contributed by atoms with Crippen molar-refractivity contribution in [3.8, 4) is 22.3 Å². The molecule has 4 nitrogen and oxygen atoms in total. The van der Waals surface area contributed by atoms with Crippen LogP contribution in [0.3, 0.4) is 0 Å². The van der Waals surface area contributed by atoms with E-state index in [4.69, 9.17) is 5.11 Å². The van der Waals surface area contributed by atoms with Crippen LogP contribution >= 0.6 is 0 Å². The van der Waals surface area contributed by atoms with Gasteiger partial charge in [-0.25, -0.2) is 9.78 Å². The largest absolute Gasteiger partial charge is 0.477 e. The minimum absolute atomic E-state index is 0.147. The third kappa shape index (κ3) is 2.54. The van der Waals surface area contributed by atoms with Crippen LogP contribution in [-0.2, 0) is 0 Å². The third-order valence-electron chi connectivity index (χ3n) is 4.03. The second-order valence-corrected chi connectivity index (χ2v) is 5.59. The normalized spacial score (nSPS) is 10.8. The first kappa shape index (κ1) is 14.2. The lowest BCUT2D eigenvalue weighted by atomic mass is 10.0. The molecule has 0 saturated heterocycles. The summed E-state index contributed by atoms with van der Waals surface area (Å²) >= 11 is 0. The fourth-order valence-corrected chi connectivity index (χ4v) is 2.77. The van der Waals surface area contributed by atoms with Crippen LogP contribution in [0.25, 0.3) is 33.3 Å². The Labute approximate surface area is 138 Å². The van der Waals surface area contributed by atoms with Crippen LogP contribution in [0.4, 0.5) is 0 Å². The summed E-state index contributed by atoms with van der Waals surface area (Å²) in [6, 6.07) is 22.0. The highest BCUT2D eigenvalue weighted by Gasteiger charge is 2.09. The van der Waals surface area contributed by atoms with Crippen LogP contribution in [0.5, 0.6) is 0 Å². The van der Waals surface area contributed by atoms with Crippen LogP contribution in [-0.4, -0.2) is 21.0 Å². The summed E-state index contributed by atoms with van der Waals surface area (Å²) in [6.45, 7) is 0. The number of rotatable bonds is 3. The van der Waals surface area contributed by atoms with Gasteiger partial charge in [-0.1, -0.05) is 54.6 Å². The van der Waals surface area contributed by atoms with E-state index in [2.05, 4.69) is 46.4 Å². The third-order valence-corrected chi connectivity index (χ3v) is 4.03. The number of carbonyl (C=O) groups is 1. The maximum Gasteiger partial charge on any atom is 0.352 e. The molecule has 0 aliphatic rings. The van der Waals surface area contributed by atoms with Crippen molar-refractivity contribution in [2.75, 3.05) is 0 Å². The number of carboxylic acid groups (broad SMARTS) is 1. The van der Waals surface area contributed by atoms with E-state index in [1.165, 1.54) is 5.56 Å². The molecule has 0 fully saturated rings. The van der Waals surface area contributed by atoms with Crippen molar-refractivity contribution >= 4 is 17.0 Å². The van der Waals surface area contributed by atoms with Crippen molar-refractivity contribution in [1.82, 2.24) is 9.97 Å². The predicted octanol–water partition coefficient (Wildman–Crippen LogP) is 4.60. The molecule has 116 valence electrons. The van der Waals surface area contributed by atoms with Gasteiger partial charge in [0.1, 0.15) is 11.3 Å². The molecule has 2 aromatic heterocycles. The summed E-state index contributed by atoms with van der Waals surface area (Å²) in [5.41, 5.74) is 5.06. The molecule has 0 radical (unpaired) electrons. The Balaban J connectivity index is 1.70. The highest BCUT2D eigenvalue weighted by molar-refractivity contribution is 5.93. The number of hydrogen-bond acceptors (Lipinski definition) is 2. The summed E-state index contributed by atoms with van der Waals surface area (Å²) in [4.78, 5) is 18.2. The number of aromatic carboxylic acids is 1. The van der Waals surface area contributed by atoms with E-state index >= 15 is 0 Å². The summed E-state index contributed by atoms with van der Waals surface area (Å²) in [6.07, 6.45) is 1.75. The smallest absolute Gasteiger partial charge is 0.352 e. The average Bonchev–Trinajstić information content (AvgIpc) is 3.06. The molecular weight excluding hydrogens is 300 g/mol. The van der Waals surface area contributed by atoms with Crippen molar-refractivity contribution in [2.24, 2.45) is 0 Å². The molecule has 4 heteroatoms. The number of carboxylic acids is 1. The molecule has 0 saturated carbocycles. The molecule has 0 amide bonds. The molecule has 2 aromatic carbocycles.